The van der Waals surface area contributed by atoms with E-state index in [0.717, 1.165) is 24.8 Å². The molecule has 1 heterocycles. The van der Waals surface area contributed by atoms with Crippen molar-refractivity contribution < 1.29 is 4.79 Å². The zero-order chi connectivity index (χ0) is 16.5. The minimum Gasteiger partial charge on any atom is -0.334 e. The Labute approximate surface area is 139 Å². The Morgan fingerprint density at radius 3 is 2.30 bits per heavy atom. The summed E-state index contributed by atoms with van der Waals surface area (Å²) < 4.78 is 0. The first-order valence-electron chi connectivity index (χ1n) is 8.47. The van der Waals surface area contributed by atoms with Gasteiger partial charge >= 0.3 is 0 Å². The molecule has 2 rings (SSSR count). The van der Waals surface area contributed by atoms with E-state index in [9.17, 15) is 4.79 Å². The van der Waals surface area contributed by atoms with Gasteiger partial charge in [0.05, 0.1) is 0 Å². The van der Waals surface area contributed by atoms with Crippen LogP contribution in [0.25, 0.3) is 0 Å². The highest BCUT2D eigenvalue weighted by Gasteiger charge is 2.14. The maximum atomic E-state index is 12.5. The van der Waals surface area contributed by atoms with E-state index >= 15 is 0 Å². The van der Waals surface area contributed by atoms with Gasteiger partial charge in [0.25, 0.3) is 0 Å². The fraction of sp³-hybridized carbons (Fsp3) is 0.400. The summed E-state index contributed by atoms with van der Waals surface area (Å²) in [6.45, 7) is 5.54. The number of aryl methyl sites for hydroxylation is 1. The van der Waals surface area contributed by atoms with Gasteiger partial charge in [-0.05, 0) is 35.6 Å². The van der Waals surface area contributed by atoms with Crippen molar-refractivity contribution in [3.8, 4) is 0 Å². The van der Waals surface area contributed by atoms with Gasteiger partial charge in [0.1, 0.15) is 0 Å². The van der Waals surface area contributed by atoms with Crippen LogP contribution in [0, 0.1) is 0 Å². The van der Waals surface area contributed by atoms with Crippen LogP contribution in [0.15, 0.2) is 48.8 Å². The number of aromatic nitrogens is 1. The number of unbranched alkanes of at least 4 members (excludes halogenated alkanes) is 1. The quantitative estimate of drug-likeness (QED) is 0.725. The predicted octanol–water partition coefficient (Wildman–Crippen LogP) is 4.36. The van der Waals surface area contributed by atoms with Crippen LogP contribution in [0.4, 0.5) is 0 Å². The summed E-state index contributed by atoms with van der Waals surface area (Å²) in [5, 5.41) is 0. The molecule has 0 aliphatic heterocycles. The predicted molar refractivity (Wildman–Crippen MR) is 93.8 cm³/mol. The second-order valence-electron chi connectivity index (χ2n) is 5.88. The molecule has 0 radical (unpaired) electrons. The van der Waals surface area contributed by atoms with Gasteiger partial charge in [0.2, 0.25) is 5.91 Å². The lowest BCUT2D eigenvalue weighted by Crippen LogP contribution is -2.29. The number of carbonyl (C=O) groups is 1. The first-order chi connectivity index (χ1) is 11.2. The molecule has 122 valence electrons. The van der Waals surface area contributed by atoms with Crippen LogP contribution in [-0.2, 0) is 24.3 Å². The van der Waals surface area contributed by atoms with E-state index < -0.39 is 0 Å². The normalized spacial score (nSPS) is 10.5. The highest BCUT2D eigenvalue weighted by molar-refractivity contribution is 5.76. The smallest absolute Gasteiger partial charge is 0.223 e. The molecule has 3 nitrogen and oxygen atoms in total. The second kappa shape index (κ2) is 9.09. The number of hydrogen-bond donors (Lipinski definition) is 0. The zero-order valence-electron chi connectivity index (χ0n) is 14.2. The Morgan fingerprint density at radius 2 is 1.70 bits per heavy atom. The number of rotatable bonds is 8. The highest BCUT2D eigenvalue weighted by atomic mass is 16.2. The zero-order valence-corrected chi connectivity index (χ0v) is 14.2. The molecule has 1 aromatic heterocycles. The van der Waals surface area contributed by atoms with E-state index in [-0.39, 0.29) is 5.91 Å². The molecular formula is C20H26N2O. The van der Waals surface area contributed by atoms with Crippen LogP contribution in [0.5, 0.6) is 0 Å². The minimum absolute atomic E-state index is 0.218. The minimum atomic E-state index is 0.218. The Kier molecular flexibility index (Phi) is 6.79. The first kappa shape index (κ1) is 17.2. The van der Waals surface area contributed by atoms with E-state index in [1.54, 1.807) is 6.20 Å². The maximum absolute atomic E-state index is 12.5. The van der Waals surface area contributed by atoms with Gasteiger partial charge in [-0.3, -0.25) is 9.78 Å². The molecular weight excluding hydrogens is 284 g/mol. The summed E-state index contributed by atoms with van der Waals surface area (Å²) >= 11 is 0. The summed E-state index contributed by atoms with van der Waals surface area (Å²) in [5.74, 6) is 0.218. The summed E-state index contributed by atoms with van der Waals surface area (Å²) in [7, 11) is 0. The van der Waals surface area contributed by atoms with Gasteiger partial charge < -0.3 is 4.90 Å². The molecule has 0 unspecified atom stereocenters. The fourth-order valence-electron chi connectivity index (χ4n) is 2.53. The van der Waals surface area contributed by atoms with E-state index in [1.165, 1.54) is 11.1 Å². The van der Waals surface area contributed by atoms with E-state index in [0.29, 0.717) is 19.5 Å². The molecule has 23 heavy (non-hydrogen) atoms. The molecule has 0 saturated carbocycles. The number of benzene rings is 1. The van der Waals surface area contributed by atoms with E-state index in [4.69, 9.17) is 0 Å². The van der Waals surface area contributed by atoms with Crippen molar-refractivity contribution >= 4 is 5.91 Å². The van der Waals surface area contributed by atoms with Crippen LogP contribution in [0.1, 0.15) is 49.8 Å². The standard InChI is InChI=1S/C20H26N2O/c1-3-5-8-20(23)22(16-19-7-6-13-21-14-19)15-18-11-9-17(4-2)10-12-18/h6-7,9-14H,3-5,8,15-16H2,1-2H3. The molecule has 0 bridgehead atoms. The Balaban J connectivity index is 2.09. The van der Waals surface area contributed by atoms with Gasteiger partial charge in [-0.1, -0.05) is 50.6 Å². The monoisotopic (exact) mass is 310 g/mol. The number of pyridine rings is 1. The molecule has 2 aromatic rings. The largest absolute Gasteiger partial charge is 0.334 e. The van der Waals surface area contributed by atoms with Crippen LogP contribution >= 0.6 is 0 Å². The van der Waals surface area contributed by atoms with Crippen molar-refractivity contribution in [1.82, 2.24) is 9.88 Å². The number of carbonyl (C=O) groups excluding carboxylic acids is 1. The topological polar surface area (TPSA) is 33.2 Å². The third-order valence-electron chi connectivity index (χ3n) is 4.00. The van der Waals surface area contributed by atoms with Crippen molar-refractivity contribution in [2.75, 3.05) is 0 Å². The van der Waals surface area contributed by atoms with E-state index in [1.807, 2.05) is 23.2 Å². The Bertz CT molecular complexity index is 593. The molecule has 0 fully saturated rings. The molecule has 0 atom stereocenters. The van der Waals surface area contributed by atoms with Crippen LogP contribution in [0.3, 0.4) is 0 Å². The highest BCUT2D eigenvalue weighted by Crippen LogP contribution is 2.13. The molecule has 0 N–H and O–H groups in total. The van der Waals surface area contributed by atoms with E-state index in [2.05, 4.69) is 43.1 Å². The van der Waals surface area contributed by atoms with Crippen LogP contribution in [-0.4, -0.2) is 15.8 Å². The molecule has 3 heteroatoms. The molecule has 1 aromatic carbocycles. The Hall–Kier alpha value is -2.16. The lowest BCUT2D eigenvalue weighted by Gasteiger charge is -2.23. The van der Waals surface area contributed by atoms with Gasteiger partial charge in [0, 0.05) is 31.9 Å². The lowest BCUT2D eigenvalue weighted by atomic mass is 10.1. The first-order valence-corrected chi connectivity index (χ1v) is 8.47. The summed E-state index contributed by atoms with van der Waals surface area (Å²) in [6.07, 6.45) is 7.23. The number of nitrogens with zero attached hydrogens (tertiary/aromatic N) is 2. The number of hydrogen-bond acceptors (Lipinski definition) is 2. The summed E-state index contributed by atoms with van der Waals surface area (Å²) in [6, 6.07) is 12.5. The molecule has 0 aliphatic rings. The molecule has 0 aliphatic carbocycles. The van der Waals surface area contributed by atoms with Crippen LogP contribution in [0.2, 0.25) is 0 Å². The van der Waals surface area contributed by atoms with Crippen molar-refractivity contribution in [2.45, 2.75) is 52.6 Å². The fourth-order valence-corrected chi connectivity index (χ4v) is 2.53. The van der Waals surface area contributed by atoms with Crippen molar-refractivity contribution in [1.29, 1.82) is 0 Å². The van der Waals surface area contributed by atoms with Gasteiger partial charge in [-0.25, -0.2) is 0 Å². The third-order valence-corrected chi connectivity index (χ3v) is 4.00. The molecule has 1 amide bonds. The maximum Gasteiger partial charge on any atom is 0.223 e. The van der Waals surface area contributed by atoms with Gasteiger partial charge in [-0.15, -0.1) is 0 Å². The van der Waals surface area contributed by atoms with Gasteiger partial charge in [-0.2, -0.15) is 0 Å². The lowest BCUT2D eigenvalue weighted by molar-refractivity contribution is -0.132. The van der Waals surface area contributed by atoms with Crippen LogP contribution < -0.4 is 0 Å². The summed E-state index contributed by atoms with van der Waals surface area (Å²) in [4.78, 5) is 18.6. The van der Waals surface area contributed by atoms with Crippen molar-refractivity contribution in [3.05, 3.63) is 65.5 Å². The van der Waals surface area contributed by atoms with Crippen molar-refractivity contribution in [3.63, 3.8) is 0 Å². The van der Waals surface area contributed by atoms with Gasteiger partial charge in [0.15, 0.2) is 0 Å². The average Bonchev–Trinajstić information content (AvgIpc) is 2.60. The molecule has 0 saturated heterocycles. The Morgan fingerprint density at radius 1 is 1.00 bits per heavy atom. The second-order valence-corrected chi connectivity index (χ2v) is 5.88. The third kappa shape index (κ3) is 5.51. The molecule has 0 spiro atoms. The SMILES string of the molecule is CCCCC(=O)N(Cc1ccc(CC)cc1)Cc1cccnc1. The number of amides is 1. The summed E-state index contributed by atoms with van der Waals surface area (Å²) in [5.41, 5.74) is 3.57. The average molecular weight is 310 g/mol. The van der Waals surface area contributed by atoms with Crippen molar-refractivity contribution in [2.24, 2.45) is 0 Å².